The van der Waals surface area contributed by atoms with Crippen LogP contribution in [0.15, 0.2) is 133 Å². The number of rotatable bonds is 9. The minimum absolute atomic E-state index is 0.146. The first-order chi connectivity index (χ1) is 21.2. The Morgan fingerprint density at radius 3 is 1.98 bits per heavy atom. The fourth-order valence-corrected chi connectivity index (χ4v) is 5.83. The van der Waals surface area contributed by atoms with Gasteiger partial charge in [0.05, 0.1) is 11.5 Å². The van der Waals surface area contributed by atoms with E-state index in [1.165, 1.54) is 16.7 Å². The van der Waals surface area contributed by atoms with Crippen LogP contribution in [-0.4, -0.2) is 24.9 Å². The van der Waals surface area contributed by atoms with Crippen LogP contribution in [0.3, 0.4) is 0 Å². The quantitative estimate of drug-likeness (QED) is 0.202. The topological polar surface area (TPSA) is 61.4 Å². The minimum Gasteiger partial charge on any atom is -0.366 e. The lowest BCUT2D eigenvalue weighted by atomic mass is 9.90. The fraction of sp³-hybridized carbons (Fsp3) is 0.158. The first-order valence-corrected chi connectivity index (χ1v) is 14.8. The van der Waals surface area contributed by atoms with Gasteiger partial charge in [0.15, 0.2) is 0 Å². The van der Waals surface area contributed by atoms with Gasteiger partial charge in [0.2, 0.25) is 5.91 Å². The summed E-state index contributed by atoms with van der Waals surface area (Å²) in [6, 6.07) is 43.9. The van der Waals surface area contributed by atoms with Crippen molar-refractivity contribution in [2.45, 2.75) is 25.3 Å². The van der Waals surface area contributed by atoms with Crippen LogP contribution >= 0.6 is 0 Å². The first kappa shape index (κ1) is 28.0. The normalized spacial score (nSPS) is 12.4. The predicted octanol–water partition coefficient (Wildman–Crippen LogP) is 6.99. The van der Waals surface area contributed by atoms with Crippen molar-refractivity contribution in [1.82, 2.24) is 5.32 Å². The van der Waals surface area contributed by atoms with Crippen LogP contribution in [-0.2, 0) is 24.2 Å². The second-order valence-corrected chi connectivity index (χ2v) is 10.9. The second kappa shape index (κ2) is 13.2. The van der Waals surface area contributed by atoms with Crippen molar-refractivity contribution in [2.24, 2.45) is 0 Å². The van der Waals surface area contributed by atoms with E-state index in [4.69, 9.17) is 0 Å². The summed E-state index contributed by atoms with van der Waals surface area (Å²) < 4.78 is 0. The van der Waals surface area contributed by atoms with E-state index in [1.807, 2.05) is 97.1 Å². The number of carbonyl (C=O) groups excluding carboxylic acids is 2. The van der Waals surface area contributed by atoms with E-state index in [9.17, 15) is 9.59 Å². The number of nitrogens with one attached hydrogen (secondary N) is 2. The van der Waals surface area contributed by atoms with Gasteiger partial charge in [-0.15, -0.1) is 0 Å². The standard InChI is InChI=1S/C38H35N3O2/c42-37(39-24-22-28-12-4-1-5-13-28)34-26-33(20-21-35(34)41-25-23-29-14-10-11-19-32(29)27-41)40-38(43)36(30-15-6-2-7-16-30)31-17-8-3-9-18-31/h1-21,26,36H,22-25,27H2,(H,39,42)(H,40,43). The van der Waals surface area contributed by atoms with Gasteiger partial charge < -0.3 is 15.5 Å². The lowest BCUT2D eigenvalue weighted by molar-refractivity contribution is -0.116. The molecule has 0 atom stereocenters. The summed E-state index contributed by atoms with van der Waals surface area (Å²) in [7, 11) is 0. The summed E-state index contributed by atoms with van der Waals surface area (Å²) in [5, 5.41) is 6.25. The van der Waals surface area contributed by atoms with Crippen LogP contribution in [0.4, 0.5) is 11.4 Å². The van der Waals surface area contributed by atoms with Crippen molar-refractivity contribution < 1.29 is 9.59 Å². The number of nitrogens with zero attached hydrogens (tertiary/aromatic N) is 1. The van der Waals surface area contributed by atoms with Gasteiger partial charge in [0, 0.05) is 31.0 Å². The summed E-state index contributed by atoms with van der Waals surface area (Å²) in [4.78, 5) is 29.8. The van der Waals surface area contributed by atoms with Crippen molar-refractivity contribution in [3.63, 3.8) is 0 Å². The van der Waals surface area contributed by atoms with Crippen LogP contribution in [0.25, 0.3) is 0 Å². The second-order valence-electron chi connectivity index (χ2n) is 10.9. The summed E-state index contributed by atoms with van der Waals surface area (Å²) in [5.74, 6) is -0.778. The molecule has 0 unspecified atom stereocenters. The summed E-state index contributed by atoms with van der Waals surface area (Å²) >= 11 is 0. The van der Waals surface area contributed by atoms with E-state index in [1.54, 1.807) is 0 Å². The molecule has 1 aliphatic heterocycles. The Kier molecular flexibility index (Phi) is 8.60. The maximum absolute atomic E-state index is 13.8. The number of hydrogen-bond acceptors (Lipinski definition) is 3. The first-order valence-electron chi connectivity index (χ1n) is 14.8. The third-order valence-electron chi connectivity index (χ3n) is 8.05. The number of hydrogen-bond donors (Lipinski definition) is 2. The smallest absolute Gasteiger partial charge is 0.253 e. The number of fused-ring (bicyclic) bond motifs is 1. The molecular formula is C38H35N3O2. The van der Waals surface area contributed by atoms with Gasteiger partial charge >= 0.3 is 0 Å². The average molecular weight is 566 g/mol. The Hall–Kier alpha value is -5.16. The largest absolute Gasteiger partial charge is 0.366 e. The van der Waals surface area contributed by atoms with Gasteiger partial charge in [-0.05, 0) is 58.9 Å². The van der Waals surface area contributed by atoms with Crippen molar-refractivity contribution in [3.05, 3.63) is 167 Å². The number of amides is 2. The molecule has 0 aliphatic carbocycles. The van der Waals surface area contributed by atoms with Crippen LogP contribution in [0.1, 0.15) is 44.1 Å². The Morgan fingerprint density at radius 2 is 1.30 bits per heavy atom. The number of benzene rings is 5. The van der Waals surface area contributed by atoms with E-state index in [0.717, 1.165) is 42.7 Å². The highest BCUT2D eigenvalue weighted by Crippen LogP contribution is 2.31. The van der Waals surface area contributed by atoms with Gasteiger partial charge in [-0.25, -0.2) is 0 Å². The molecule has 43 heavy (non-hydrogen) atoms. The van der Waals surface area contributed by atoms with Gasteiger partial charge in [-0.2, -0.15) is 0 Å². The minimum atomic E-state index is -0.483. The number of carbonyl (C=O) groups is 2. The molecule has 5 aromatic rings. The molecule has 6 rings (SSSR count). The zero-order chi connectivity index (χ0) is 29.4. The monoisotopic (exact) mass is 565 g/mol. The highest BCUT2D eigenvalue weighted by molar-refractivity contribution is 6.03. The predicted molar refractivity (Wildman–Crippen MR) is 173 cm³/mol. The zero-order valence-electron chi connectivity index (χ0n) is 24.1. The van der Waals surface area contributed by atoms with Crippen molar-refractivity contribution in [3.8, 4) is 0 Å². The summed E-state index contributed by atoms with van der Waals surface area (Å²) in [5.41, 5.74) is 7.64. The Bertz CT molecular complexity index is 1650. The average Bonchev–Trinajstić information content (AvgIpc) is 3.06. The molecule has 5 heteroatoms. The Labute approximate surface area is 253 Å². The van der Waals surface area contributed by atoms with E-state index < -0.39 is 5.92 Å². The maximum atomic E-state index is 13.8. The van der Waals surface area contributed by atoms with Gasteiger partial charge in [-0.3, -0.25) is 9.59 Å². The summed E-state index contributed by atoms with van der Waals surface area (Å²) in [6.07, 6.45) is 1.66. The Balaban J connectivity index is 1.28. The van der Waals surface area contributed by atoms with Gasteiger partial charge in [-0.1, -0.05) is 115 Å². The molecule has 0 spiro atoms. The highest BCUT2D eigenvalue weighted by Gasteiger charge is 2.25. The van der Waals surface area contributed by atoms with Gasteiger partial charge in [0.1, 0.15) is 0 Å². The van der Waals surface area contributed by atoms with Crippen molar-refractivity contribution in [2.75, 3.05) is 23.3 Å². The van der Waals surface area contributed by atoms with Crippen LogP contribution in [0, 0.1) is 0 Å². The van der Waals surface area contributed by atoms with Gasteiger partial charge in [0.25, 0.3) is 5.91 Å². The molecule has 0 fully saturated rings. The van der Waals surface area contributed by atoms with E-state index in [0.29, 0.717) is 17.8 Å². The van der Waals surface area contributed by atoms with Crippen molar-refractivity contribution >= 4 is 23.2 Å². The molecule has 2 N–H and O–H groups in total. The Morgan fingerprint density at radius 1 is 0.698 bits per heavy atom. The molecule has 0 saturated heterocycles. The molecule has 2 amide bonds. The fourth-order valence-electron chi connectivity index (χ4n) is 5.83. The highest BCUT2D eigenvalue weighted by atomic mass is 16.2. The van der Waals surface area contributed by atoms with Crippen LogP contribution < -0.4 is 15.5 Å². The molecule has 5 nitrogen and oxygen atoms in total. The molecule has 0 aromatic heterocycles. The molecule has 0 saturated carbocycles. The molecular weight excluding hydrogens is 530 g/mol. The summed E-state index contributed by atoms with van der Waals surface area (Å²) in [6.45, 7) is 2.07. The zero-order valence-corrected chi connectivity index (χ0v) is 24.1. The molecule has 0 radical (unpaired) electrons. The molecule has 5 aromatic carbocycles. The van der Waals surface area contributed by atoms with Crippen molar-refractivity contribution in [1.29, 1.82) is 0 Å². The van der Waals surface area contributed by atoms with E-state index in [2.05, 4.69) is 51.9 Å². The van der Waals surface area contributed by atoms with E-state index in [-0.39, 0.29) is 11.8 Å². The maximum Gasteiger partial charge on any atom is 0.253 e. The lowest BCUT2D eigenvalue weighted by Gasteiger charge is -2.32. The SMILES string of the molecule is O=C(NCCc1ccccc1)c1cc(NC(=O)C(c2ccccc2)c2ccccc2)ccc1N1CCc2ccccc2C1. The van der Waals surface area contributed by atoms with Crippen LogP contribution in [0.5, 0.6) is 0 Å². The third kappa shape index (κ3) is 6.68. The molecule has 1 aliphatic rings. The molecule has 0 bridgehead atoms. The third-order valence-corrected chi connectivity index (χ3v) is 8.05. The lowest BCUT2D eigenvalue weighted by Crippen LogP contribution is -2.33. The van der Waals surface area contributed by atoms with Crippen LogP contribution in [0.2, 0.25) is 0 Å². The number of anilines is 2. The molecule has 214 valence electrons. The van der Waals surface area contributed by atoms with E-state index >= 15 is 0 Å². The molecule has 1 heterocycles.